The number of carbonyl (C=O) groups is 2. The molecular weight excluding hydrogens is 394 g/mol. The first kappa shape index (κ1) is 18.9. The fourth-order valence-electron chi connectivity index (χ4n) is 3.06. The number of H-pyrrole nitrogens is 1. The number of aromatic nitrogens is 3. The average Bonchev–Trinajstić information content (AvgIpc) is 3.16. The summed E-state index contributed by atoms with van der Waals surface area (Å²) in [7, 11) is 1.61. The molecule has 1 atom stereocenters. The highest BCUT2D eigenvalue weighted by Crippen LogP contribution is 2.33. The predicted molar refractivity (Wildman–Crippen MR) is 107 cm³/mol. The van der Waals surface area contributed by atoms with Crippen LogP contribution in [0.15, 0.2) is 48.5 Å². The molecule has 2 aromatic carbocycles. The first-order valence-electron chi connectivity index (χ1n) is 8.97. The number of halogens is 1. The molecule has 0 spiro atoms. The van der Waals surface area contributed by atoms with Gasteiger partial charge in [0.25, 0.3) is 11.8 Å². The number of carbonyl (C=O) groups excluding carboxylic acids is 2. The Hall–Kier alpha value is -3.39. The number of hydrogen-bond acceptors (Lipinski definition) is 5. The van der Waals surface area contributed by atoms with Crippen molar-refractivity contribution in [3.8, 4) is 5.75 Å². The number of amides is 2. The van der Waals surface area contributed by atoms with Crippen LogP contribution in [-0.4, -0.2) is 46.7 Å². The Morgan fingerprint density at radius 1 is 1.31 bits per heavy atom. The van der Waals surface area contributed by atoms with E-state index >= 15 is 0 Å². The zero-order valence-corrected chi connectivity index (χ0v) is 16.3. The Balaban J connectivity index is 1.45. The van der Waals surface area contributed by atoms with Gasteiger partial charge in [-0.2, -0.15) is 0 Å². The summed E-state index contributed by atoms with van der Waals surface area (Å²) in [6.45, 7) is -0.00909. The molecule has 8 nitrogen and oxygen atoms in total. The number of aromatic amines is 1. The van der Waals surface area contributed by atoms with Gasteiger partial charge in [-0.15, -0.1) is 5.10 Å². The number of anilines is 1. The standard InChI is InChI=1S/C20H18ClN5O3/c1-26-15-10-13(21)7-8-16(15)29-11-14(20(26)28)22-19(27)18-23-17(24-25-18)9-12-5-3-2-4-6-12/h2-8,10,14H,9,11H2,1H3,(H,22,27)(H,23,24,25)/t14-/m1/s1. The second kappa shape index (κ2) is 7.92. The maximum absolute atomic E-state index is 12.8. The molecule has 3 aromatic rings. The summed E-state index contributed by atoms with van der Waals surface area (Å²) in [5, 5.41) is 9.86. The second-order valence-corrected chi connectivity index (χ2v) is 7.05. The van der Waals surface area contributed by atoms with E-state index in [-0.39, 0.29) is 18.3 Å². The maximum atomic E-state index is 12.8. The van der Waals surface area contributed by atoms with E-state index in [2.05, 4.69) is 20.5 Å². The Morgan fingerprint density at radius 2 is 2.10 bits per heavy atom. The molecule has 9 heteroatoms. The maximum Gasteiger partial charge on any atom is 0.291 e. The van der Waals surface area contributed by atoms with Crippen LogP contribution in [0.2, 0.25) is 5.02 Å². The smallest absolute Gasteiger partial charge is 0.291 e. The predicted octanol–water partition coefficient (Wildman–Crippen LogP) is 2.20. The van der Waals surface area contributed by atoms with E-state index < -0.39 is 11.9 Å². The number of ether oxygens (including phenoxy) is 1. The molecule has 2 heterocycles. The molecular formula is C20H18ClN5O3. The molecule has 0 saturated heterocycles. The first-order valence-corrected chi connectivity index (χ1v) is 9.35. The van der Waals surface area contributed by atoms with Gasteiger partial charge in [0, 0.05) is 18.5 Å². The summed E-state index contributed by atoms with van der Waals surface area (Å²) in [6, 6.07) is 13.8. The van der Waals surface area contributed by atoms with E-state index in [0.717, 1.165) is 5.56 Å². The van der Waals surface area contributed by atoms with Crippen LogP contribution in [0.4, 0.5) is 5.69 Å². The minimum atomic E-state index is -0.880. The van der Waals surface area contributed by atoms with Crippen molar-refractivity contribution >= 4 is 29.1 Å². The second-order valence-electron chi connectivity index (χ2n) is 6.61. The summed E-state index contributed by atoms with van der Waals surface area (Å²) in [6.07, 6.45) is 0.519. The fourth-order valence-corrected chi connectivity index (χ4v) is 3.23. The first-order chi connectivity index (χ1) is 14.0. The topological polar surface area (TPSA) is 100 Å². The molecule has 2 N–H and O–H groups in total. The minimum absolute atomic E-state index is 0.00909. The van der Waals surface area contributed by atoms with Gasteiger partial charge in [0.2, 0.25) is 5.82 Å². The van der Waals surface area contributed by atoms with Crippen LogP contribution in [-0.2, 0) is 11.2 Å². The summed E-state index contributed by atoms with van der Waals surface area (Å²) < 4.78 is 5.69. The molecule has 148 valence electrons. The van der Waals surface area contributed by atoms with Crippen LogP contribution in [0.25, 0.3) is 0 Å². The van der Waals surface area contributed by atoms with Gasteiger partial charge in [0.05, 0.1) is 5.69 Å². The van der Waals surface area contributed by atoms with E-state index in [4.69, 9.17) is 16.3 Å². The highest BCUT2D eigenvalue weighted by Gasteiger charge is 2.31. The monoisotopic (exact) mass is 411 g/mol. The third kappa shape index (κ3) is 4.07. The van der Waals surface area contributed by atoms with E-state index in [0.29, 0.717) is 28.7 Å². The number of hydrogen-bond donors (Lipinski definition) is 2. The van der Waals surface area contributed by atoms with Crippen molar-refractivity contribution in [2.45, 2.75) is 12.5 Å². The molecule has 1 aliphatic rings. The third-order valence-corrected chi connectivity index (χ3v) is 4.81. The van der Waals surface area contributed by atoms with Crippen LogP contribution in [0.3, 0.4) is 0 Å². The number of benzene rings is 2. The van der Waals surface area contributed by atoms with Gasteiger partial charge < -0.3 is 15.0 Å². The lowest BCUT2D eigenvalue weighted by molar-refractivity contribution is -0.120. The SMILES string of the molecule is CN1C(=O)[C@H](NC(=O)c2n[nH]c(Cc3ccccc3)n2)COc2ccc(Cl)cc21. The van der Waals surface area contributed by atoms with Crippen LogP contribution in [0, 0.1) is 0 Å². The van der Waals surface area contributed by atoms with Crippen molar-refractivity contribution in [1.29, 1.82) is 0 Å². The van der Waals surface area contributed by atoms with Gasteiger partial charge in [-0.05, 0) is 23.8 Å². The fraction of sp³-hybridized carbons (Fsp3) is 0.200. The molecule has 0 aliphatic carbocycles. The molecule has 0 radical (unpaired) electrons. The summed E-state index contributed by atoms with van der Waals surface area (Å²) in [4.78, 5) is 31.0. The van der Waals surface area contributed by atoms with Crippen molar-refractivity contribution in [2.24, 2.45) is 0 Å². The number of nitrogens with zero attached hydrogens (tertiary/aromatic N) is 3. The average molecular weight is 412 g/mol. The molecule has 29 heavy (non-hydrogen) atoms. The van der Waals surface area contributed by atoms with Crippen molar-refractivity contribution in [3.63, 3.8) is 0 Å². The summed E-state index contributed by atoms with van der Waals surface area (Å²) >= 11 is 6.02. The molecule has 0 saturated carbocycles. The van der Waals surface area contributed by atoms with Crippen LogP contribution >= 0.6 is 11.6 Å². The number of nitrogens with one attached hydrogen (secondary N) is 2. The van der Waals surface area contributed by atoms with Crippen molar-refractivity contribution in [2.75, 3.05) is 18.6 Å². The Morgan fingerprint density at radius 3 is 2.90 bits per heavy atom. The molecule has 1 aliphatic heterocycles. The Kier molecular flexibility index (Phi) is 5.18. The lowest BCUT2D eigenvalue weighted by atomic mass is 10.1. The van der Waals surface area contributed by atoms with Crippen molar-refractivity contribution in [3.05, 3.63) is 70.8 Å². The molecule has 4 rings (SSSR count). The van der Waals surface area contributed by atoms with E-state index in [9.17, 15) is 9.59 Å². The summed E-state index contributed by atoms with van der Waals surface area (Å²) in [5.41, 5.74) is 1.59. The molecule has 0 fully saturated rings. The lowest BCUT2D eigenvalue weighted by Gasteiger charge is -2.20. The molecule has 2 amide bonds. The lowest BCUT2D eigenvalue weighted by Crippen LogP contribution is -2.49. The van der Waals surface area contributed by atoms with E-state index in [1.807, 2.05) is 30.3 Å². The molecule has 0 unspecified atom stereocenters. The molecule has 0 bridgehead atoms. The number of rotatable bonds is 4. The van der Waals surface area contributed by atoms with Crippen LogP contribution in [0.5, 0.6) is 5.75 Å². The van der Waals surface area contributed by atoms with Gasteiger partial charge in [-0.25, -0.2) is 4.98 Å². The van der Waals surface area contributed by atoms with Crippen LogP contribution < -0.4 is 15.0 Å². The van der Waals surface area contributed by atoms with E-state index in [1.54, 1.807) is 25.2 Å². The van der Waals surface area contributed by atoms with Gasteiger partial charge >= 0.3 is 0 Å². The Bertz CT molecular complexity index is 1050. The number of fused-ring (bicyclic) bond motifs is 1. The van der Waals surface area contributed by atoms with Crippen molar-refractivity contribution < 1.29 is 14.3 Å². The van der Waals surface area contributed by atoms with Crippen LogP contribution in [0.1, 0.15) is 22.0 Å². The van der Waals surface area contributed by atoms with Gasteiger partial charge in [-0.1, -0.05) is 41.9 Å². The molecule has 1 aromatic heterocycles. The van der Waals surface area contributed by atoms with E-state index in [1.165, 1.54) is 4.90 Å². The highest BCUT2D eigenvalue weighted by atomic mass is 35.5. The number of likely N-dealkylation sites (N-methyl/N-ethyl adjacent to an activating group) is 1. The zero-order valence-electron chi connectivity index (χ0n) is 15.6. The third-order valence-electron chi connectivity index (χ3n) is 4.57. The quantitative estimate of drug-likeness (QED) is 0.685. The van der Waals surface area contributed by atoms with Gasteiger partial charge in [0.15, 0.2) is 0 Å². The highest BCUT2D eigenvalue weighted by molar-refractivity contribution is 6.31. The van der Waals surface area contributed by atoms with Crippen molar-refractivity contribution in [1.82, 2.24) is 20.5 Å². The van der Waals surface area contributed by atoms with Gasteiger partial charge in [-0.3, -0.25) is 14.7 Å². The van der Waals surface area contributed by atoms with Gasteiger partial charge in [0.1, 0.15) is 24.2 Å². The minimum Gasteiger partial charge on any atom is -0.489 e. The Labute approximate surface area is 171 Å². The summed E-state index contributed by atoms with van der Waals surface area (Å²) in [5.74, 6) is 0.171. The largest absolute Gasteiger partial charge is 0.489 e. The zero-order chi connectivity index (χ0) is 20.4. The normalized spacial score (nSPS) is 16.0.